The smallest absolute Gasteiger partial charge is 0.341 e. The van der Waals surface area contributed by atoms with Crippen molar-refractivity contribution in [2.75, 3.05) is 12.8 Å². The van der Waals surface area contributed by atoms with Crippen LogP contribution in [0.3, 0.4) is 0 Å². The zero-order valence-electron chi connectivity index (χ0n) is 10.1. The lowest BCUT2D eigenvalue weighted by molar-refractivity contribution is 0.0601. The highest BCUT2D eigenvalue weighted by atomic mass is 16.5. The number of benzene rings is 1. The molecule has 2 aromatic rings. The van der Waals surface area contributed by atoms with Crippen LogP contribution in [0, 0.1) is 13.8 Å². The second kappa shape index (κ2) is 4.05. The van der Waals surface area contributed by atoms with Gasteiger partial charge in [-0.1, -0.05) is 11.6 Å². The predicted octanol–water partition coefficient (Wildman–Crippen LogP) is 2.22. The van der Waals surface area contributed by atoms with Gasteiger partial charge in [0.1, 0.15) is 5.56 Å². The molecule has 4 heteroatoms. The van der Waals surface area contributed by atoms with Gasteiger partial charge >= 0.3 is 5.97 Å². The number of ether oxygens (including phenoxy) is 1. The summed E-state index contributed by atoms with van der Waals surface area (Å²) in [5.74, 6) is -0.462. The Morgan fingerprint density at radius 3 is 2.71 bits per heavy atom. The number of fused-ring (bicyclic) bond motifs is 1. The fourth-order valence-corrected chi connectivity index (χ4v) is 1.95. The largest absolute Gasteiger partial charge is 0.465 e. The number of aryl methyl sites for hydroxylation is 2. The number of pyridine rings is 1. The molecule has 88 valence electrons. The van der Waals surface area contributed by atoms with Gasteiger partial charge < -0.3 is 10.5 Å². The average molecular weight is 230 g/mol. The lowest BCUT2D eigenvalue weighted by Crippen LogP contribution is -2.07. The van der Waals surface area contributed by atoms with Gasteiger partial charge in [-0.25, -0.2) is 4.79 Å². The molecule has 2 rings (SSSR count). The third-order valence-corrected chi connectivity index (χ3v) is 2.75. The summed E-state index contributed by atoms with van der Waals surface area (Å²) in [7, 11) is 1.33. The molecule has 0 saturated heterocycles. The molecule has 1 aromatic heterocycles. The summed E-state index contributed by atoms with van der Waals surface area (Å²) in [6.45, 7) is 3.95. The molecule has 1 aromatic carbocycles. The van der Waals surface area contributed by atoms with Crippen molar-refractivity contribution in [2.45, 2.75) is 13.8 Å². The van der Waals surface area contributed by atoms with Crippen LogP contribution in [0.5, 0.6) is 0 Å². The topological polar surface area (TPSA) is 65.2 Å². The van der Waals surface area contributed by atoms with Gasteiger partial charge in [0.2, 0.25) is 0 Å². The third-order valence-electron chi connectivity index (χ3n) is 2.75. The molecule has 0 aliphatic heterocycles. The van der Waals surface area contributed by atoms with E-state index in [1.54, 1.807) is 0 Å². The van der Waals surface area contributed by atoms with Crippen LogP contribution in [0.15, 0.2) is 18.3 Å². The monoisotopic (exact) mass is 230 g/mol. The summed E-state index contributed by atoms with van der Waals surface area (Å²) >= 11 is 0. The number of nitrogen functional groups attached to an aromatic ring is 1. The van der Waals surface area contributed by atoms with E-state index >= 15 is 0 Å². The maximum atomic E-state index is 11.5. The van der Waals surface area contributed by atoms with E-state index in [4.69, 9.17) is 5.73 Å². The van der Waals surface area contributed by atoms with Gasteiger partial charge in [-0.3, -0.25) is 4.98 Å². The number of esters is 1. The molecule has 0 aliphatic carbocycles. The van der Waals surface area contributed by atoms with E-state index < -0.39 is 5.97 Å². The first kappa shape index (κ1) is 11.4. The summed E-state index contributed by atoms with van der Waals surface area (Å²) in [6, 6.07) is 3.96. The number of hydrogen-bond donors (Lipinski definition) is 1. The number of anilines is 1. The zero-order chi connectivity index (χ0) is 12.6. The molecule has 2 N–H and O–H groups in total. The molecule has 17 heavy (non-hydrogen) atoms. The van der Waals surface area contributed by atoms with Crippen molar-refractivity contribution < 1.29 is 9.53 Å². The second-order valence-corrected chi connectivity index (χ2v) is 4.06. The van der Waals surface area contributed by atoms with Crippen LogP contribution >= 0.6 is 0 Å². The van der Waals surface area contributed by atoms with Crippen LogP contribution in [-0.4, -0.2) is 18.1 Å². The Labute approximate surface area is 99.4 Å². The average Bonchev–Trinajstić information content (AvgIpc) is 2.29. The summed E-state index contributed by atoms with van der Waals surface area (Å²) < 4.78 is 4.67. The molecule has 1 heterocycles. The lowest BCUT2D eigenvalue weighted by Gasteiger charge is -2.09. The highest BCUT2D eigenvalue weighted by Crippen LogP contribution is 2.26. The van der Waals surface area contributed by atoms with Crippen molar-refractivity contribution in [3.63, 3.8) is 0 Å². The van der Waals surface area contributed by atoms with Crippen molar-refractivity contribution in [1.82, 2.24) is 4.98 Å². The molecule has 4 nitrogen and oxygen atoms in total. The normalized spacial score (nSPS) is 10.5. The number of methoxy groups -OCH3 is 1. The van der Waals surface area contributed by atoms with Crippen molar-refractivity contribution in [1.29, 1.82) is 0 Å². The molecular formula is C13H14N2O2. The number of aromatic nitrogens is 1. The molecule has 0 radical (unpaired) electrons. The minimum Gasteiger partial charge on any atom is -0.465 e. The Morgan fingerprint density at radius 1 is 1.35 bits per heavy atom. The molecular weight excluding hydrogens is 216 g/mol. The number of nitrogens with two attached hydrogens (primary N) is 1. The standard InChI is InChI=1S/C13H14N2O2/c1-7-4-8(2)12-9(5-7)11(14)10(6-15-12)13(16)17-3/h4-6H,1-3H3,(H2,14,15). The lowest BCUT2D eigenvalue weighted by atomic mass is 10.0. The van der Waals surface area contributed by atoms with Crippen LogP contribution in [-0.2, 0) is 4.74 Å². The highest BCUT2D eigenvalue weighted by Gasteiger charge is 2.14. The number of rotatable bonds is 1. The number of hydrogen-bond acceptors (Lipinski definition) is 4. The van der Waals surface area contributed by atoms with E-state index in [1.165, 1.54) is 13.3 Å². The van der Waals surface area contributed by atoms with E-state index in [0.717, 1.165) is 22.0 Å². The second-order valence-electron chi connectivity index (χ2n) is 4.06. The summed E-state index contributed by atoms with van der Waals surface area (Å²) in [4.78, 5) is 15.8. The van der Waals surface area contributed by atoms with Crippen LogP contribution < -0.4 is 5.73 Å². The van der Waals surface area contributed by atoms with Crippen molar-refractivity contribution in [3.05, 3.63) is 35.0 Å². The fourth-order valence-electron chi connectivity index (χ4n) is 1.95. The van der Waals surface area contributed by atoms with Crippen molar-refractivity contribution >= 4 is 22.6 Å². The Bertz CT molecular complexity index is 606. The van der Waals surface area contributed by atoms with Gasteiger partial charge in [-0.05, 0) is 25.5 Å². The summed E-state index contributed by atoms with van der Waals surface area (Å²) in [6.07, 6.45) is 1.46. The SMILES string of the molecule is COC(=O)c1cnc2c(C)cc(C)cc2c1N. The number of carbonyl (C=O) groups is 1. The van der Waals surface area contributed by atoms with Crippen molar-refractivity contribution in [3.8, 4) is 0 Å². The van der Waals surface area contributed by atoms with Gasteiger partial charge in [0.25, 0.3) is 0 Å². The molecule has 0 aliphatic rings. The Hall–Kier alpha value is -2.10. The van der Waals surface area contributed by atoms with Gasteiger partial charge in [0.05, 0.1) is 18.3 Å². The molecule has 0 fully saturated rings. The number of nitrogens with zero attached hydrogens (tertiary/aromatic N) is 1. The maximum Gasteiger partial charge on any atom is 0.341 e. The van der Waals surface area contributed by atoms with Crippen LogP contribution in [0.25, 0.3) is 10.9 Å². The fraction of sp³-hybridized carbons (Fsp3) is 0.231. The molecule has 0 unspecified atom stereocenters. The minimum atomic E-state index is -0.462. The Kier molecular flexibility index (Phi) is 2.71. The zero-order valence-corrected chi connectivity index (χ0v) is 10.1. The number of carbonyl (C=O) groups excluding carboxylic acids is 1. The van der Waals surface area contributed by atoms with E-state index in [1.807, 2.05) is 26.0 Å². The highest BCUT2D eigenvalue weighted by molar-refractivity contribution is 6.04. The van der Waals surface area contributed by atoms with Crippen molar-refractivity contribution in [2.24, 2.45) is 0 Å². The van der Waals surface area contributed by atoms with Crippen LogP contribution in [0.2, 0.25) is 0 Å². The third kappa shape index (κ3) is 1.82. The molecule has 0 amide bonds. The Balaban J connectivity index is 2.79. The summed E-state index contributed by atoms with van der Waals surface area (Å²) in [5, 5.41) is 0.797. The van der Waals surface area contributed by atoms with Gasteiger partial charge in [-0.15, -0.1) is 0 Å². The van der Waals surface area contributed by atoms with Crippen LogP contribution in [0.1, 0.15) is 21.5 Å². The molecule has 0 atom stereocenters. The maximum absolute atomic E-state index is 11.5. The Morgan fingerprint density at radius 2 is 2.06 bits per heavy atom. The first-order chi connectivity index (χ1) is 8.04. The van der Waals surface area contributed by atoms with E-state index in [2.05, 4.69) is 9.72 Å². The first-order valence-corrected chi connectivity index (χ1v) is 5.28. The summed E-state index contributed by atoms with van der Waals surface area (Å²) in [5.41, 5.74) is 9.68. The van der Waals surface area contributed by atoms with E-state index in [0.29, 0.717) is 11.3 Å². The molecule has 0 bridgehead atoms. The van der Waals surface area contributed by atoms with Gasteiger partial charge in [0.15, 0.2) is 0 Å². The van der Waals surface area contributed by atoms with E-state index in [9.17, 15) is 4.79 Å². The van der Waals surface area contributed by atoms with E-state index in [-0.39, 0.29) is 0 Å². The predicted molar refractivity (Wildman–Crippen MR) is 67.0 cm³/mol. The van der Waals surface area contributed by atoms with Gasteiger partial charge in [-0.2, -0.15) is 0 Å². The van der Waals surface area contributed by atoms with Gasteiger partial charge in [0, 0.05) is 11.6 Å². The first-order valence-electron chi connectivity index (χ1n) is 5.28. The molecule has 0 saturated carbocycles. The quantitative estimate of drug-likeness (QED) is 0.763. The minimum absolute atomic E-state index is 0.310. The molecule has 0 spiro atoms. The van der Waals surface area contributed by atoms with Crippen LogP contribution in [0.4, 0.5) is 5.69 Å².